The van der Waals surface area contributed by atoms with Crippen LogP contribution in [0.25, 0.3) is 11.3 Å². The van der Waals surface area contributed by atoms with Gasteiger partial charge in [0, 0.05) is 5.56 Å². The summed E-state index contributed by atoms with van der Waals surface area (Å²) in [6.45, 7) is -1.37. The number of halogens is 4. The summed E-state index contributed by atoms with van der Waals surface area (Å²) in [5, 5.41) is 7.34. The maximum Gasteiger partial charge on any atom is 0.401 e. The predicted molar refractivity (Wildman–Crippen MR) is 97.8 cm³/mol. The van der Waals surface area contributed by atoms with E-state index in [0.29, 0.717) is 16.9 Å². The highest BCUT2D eigenvalue weighted by Gasteiger charge is 2.43. The third-order valence-corrected chi connectivity index (χ3v) is 4.72. The Morgan fingerprint density at radius 2 is 1.80 bits per heavy atom. The van der Waals surface area contributed by atoms with Gasteiger partial charge in [0.05, 0.1) is 30.2 Å². The summed E-state index contributed by atoms with van der Waals surface area (Å²) < 4.78 is 57.9. The fourth-order valence-electron chi connectivity index (χ4n) is 3.34. The largest absolute Gasteiger partial charge is 0.426 e. The minimum atomic E-state index is -4.53. The van der Waals surface area contributed by atoms with Crippen molar-refractivity contribution in [3.05, 3.63) is 60.2 Å². The van der Waals surface area contributed by atoms with Crippen LogP contribution in [0.5, 0.6) is 0 Å². The van der Waals surface area contributed by atoms with E-state index in [4.69, 9.17) is 15.9 Å². The molecule has 1 aliphatic rings. The molecule has 12 heteroatoms. The lowest BCUT2D eigenvalue weighted by Gasteiger charge is -2.46. The lowest BCUT2D eigenvalue weighted by atomic mass is 10.1. The Hall–Kier alpha value is -3.09. The summed E-state index contributed by atoms with van der Waals surface area (Å²) in [4.78, 5) is 6.81. The van der Waals surface area contributed by atoms with E-state index in [9.17, 15) is 17.6 Å². The summed E-state index contributed by atoms with van der Waals surface area (Å²) in [5.41, 5.74) is 13.9. The fourth-order valence-corrected chi connectivity index (χ4v) is 3.34. The third-order valence-electron chi connectivity index (χ3n) is 4.72. The highest BCUT2D eigenvalue weighted by Crippen LogP contribution is 2.37. The Balaban J connectivity index is 1.77. The van der Waals surface area contributed by atoms with Crippen molar-refractivity contribution in [2.75, 3.05) is 11.4 Å². The number of hydrogen-bond acceptors (Lipinski definition) is 8. The highest BCUT2D eigenvalue weighted by atomic mass is 19.4. The minimum Gasteiger partial charge on any atom is -0.426 e. The van der Waals surface area contributed by atoms with E-state index in [1.807, 2.05) is 0 Å². The molecule has 0 radical (unpaired) electrons. The number of anilines is 1. The molecule has 0 saturated carbocycles. The topological polar surface area (TPSA) is 110 Å². The number of aromatic nitrogens is 3. The Morgan fingerprint density at radius 1 is 1.07 bits per heavy atom. The van der Waals surface area contributed by atoms with E-state index >= 15 is 0 Å². The quantitative estimate of drug-likeness (QED) is 0.616. The number of benzene rings is 1. The third kappa shape index (κ3) is 3.97. The molecule has 3 aromatic rings. The van der Waals surface area contributed by atoms with E-state index in [1.54, 1.807) is 12.1 Å². The average Bonchev–Trinajstić information content (AvgIpc) is 3.21. The van der Waals surface area contributed by atoms with Crippen LogP contribution in [0.2, 0.25) is 0 Å². The van der Waals surface area contributed by atoms with Crippen LogP contribution in [0, 0.1) is 5.82 Å². The van der Waals surface area contributed by atoms with E-state index in [0.717, 1.165) is 11.3 Å². The van der Waals surface area contributed by atoms with Gasteiger partial charge >= 0.3 is 6.18 Å². The molecule has 0 fully saturated rings. The van der Waals surface area contributed by atoms with E-state index < -0.39 is 31.0 Å². The van der Waals surface area contributed by atoms with Gasteiger partial charge in [0.25, 0.3) is 0 Å². The Bertz CT molecular complexity index is 1010. The summed E-state index contributed by atoms with van der Waals surface area (Å²) in [6, 6.07) is 8.89. The van der Waals surface area contributed by atoms with Crippen molar-refractivity contribution >= 4 is 5.69 Å². The molecule has 4 N–H and O–H groups in total. The Kier molecular flexibility index (Phi) is 5.13. The van der Waals surface area contributed by atoms with Crippen LogP contribution in [0.3, 0.4) is 0 Å². The van der Waals surface area contributed by atoms with Crippen LogP contribution >= 0.6 is 0 Å². The number of pyridine rings is 1. The first-order valence-corrected chi connectivity index (χ1v) is 8.85. The Morgan fingerprint density at radius 3 is 2.43 bits per heavy atom. The molecule has 4 rings (SSSR count). The van der Waals surface area contributed by atoms with E-state index in [1.165, 1.54) is 29.2 Å². The molecule has 158 valence electrons. The molecule has 2 atom stereocenters. The van der Waals surface area contributed by atoms with Gasteiger partial charge in [-0.1, -0.05) is 0 Å². The van der Waals surface area contributed by atoms with Crippen molar-refractivity contribution in [2.24, 2.45) is 11.5 Å². The number of alkyl halides is 3. The summed E-state index contributed by atoms with van der Waals surface area (Å²) >= 11 is 0. The second kappa shape index (κ2) is 7.63. The maximum absolute atomic E-state index is 13.2. The SMILES string of the molecule is NC1c2nc(-c3ccc(F)cc3)ccc2N(Cc2nnco2)C(N)N1CC(F)(F)F. The molecule has 3 heterocycles. The Labute approximate surface area is 168 Å². The van der Waals surface area contributed by atoms with Crippen LogP contribution in [0.15, 0.2) is 47.2 Å². The van der Waals surface area contributed by atoms with Crippen LogP contribution < -0.4 is 16.4 Å². The van der Waals surface area contributed by atoms with Crippen molar-refractivity contribution in [3.63, 3.8) is 0 Å². The van der Waals surface area contributed by atoms with Crippen molar-refractivity contribution in [1.29, 1.82) is 0 Å². The van der Waals surface area contributed by atoms with Crippen LogP contribution in [-0.2, 0) is 6.54 Å². The molecule has 2 unspecified atom stereocenters. The molecule has 0 saturated heterocycles. The lowest BCUT2D eigenvalue weighted by molar-refractivity contribution is -0.158. The van der Waals surface area contributed by atoms with Crippen molar-refractivity contribution in [1.82, 2.24) is 20.1 Å². The van der Waals surface area contributed by atoms with Gasteiger partial charge in [-0.05, 0) is 36.4 Å². The van der Waals surface area contributed by atoms with Gasteiger partial charge in [-0.2, -0.15) is 13.2 Å². The zero-order valence-corrected chi connectivity index (χ0v) is 15.4. The first-order valence-electron chi connectivity index (χ1n) is 8.85. The summed E-state index contributed by atoms with van der Waals surface area (Å²) in [6.07, 6.45) is -5.84. The fraction of sp³-hybridized carbons (Fsp3) is 0.278. The summed E-state index contributed by atoms with van der Waals surface area (Å²) in [5.74, 6) is -0.247. The van der Waals surface area contributed by atoms with Crippen molar-refractivity contribution in [3.8, 4) is 11.3 Å². The molecule has 1 aromatic carbocycles. The molecule has 0 amide bonds. The second-order valence-corrected chi connectivity index (χ2v) is 6.71. The average molecular weight is 423 g/mol. The van der Waals surface area contributed by atoms with Crippen LogP contribution in [0.4, 0.5) is 23.2 Å². The number of fused-ring (bicyclic) bond motifs is 1. The minimum absolute atomic E-state index is 0.0349. The standard InChI is InChI=1S/C18H17F4N7O/c19-11-3-1-10(2-4-11)12-5-6-13-15(26-12)16(23)29(8-18(20,21)22)17(24)28(13)7-14-27-25-9-30-14/h1-6,9,16-17H,7-8,23-24H2. The number of rotatable bonds is 4. The van der Waals surface area contributed by atoms with Gasteiger partial charge in [0.1, 0.15) is 18.3 Å². The van der Waals surface area contributed by atoms with E-state index in [-0.39, 0.29) is 18.1 Å². The molecular formula is C18H17F4N7O. The predicted octanol–water partition coefficient (Wildman–Crippen LogP) is 2.35. The zero-order chi connectivity index (χ0) is 21.5. The molecule has 30 heavy (non-hydrogen) atoms. The monoisotopic (exact) mass is 423 g/mol. The van der Waals surface area contributed by atoms with Gasteiger partial charge < -0.3 is 15.1 Å². The van der Waals surface area contributed by atoms with Gasteiger partial charge in [-0.3, -0.25) is 5.73 Å². The van der Waals surface area contributed by atoms with Gasteiger partial charge in [0.2, 0.25) is 12.3 Å². The van der Waals surface area contributed by atoms with E-state index in [2.05, 4.69) is 15.2 Å². The molecule has 1 aliphatic heterocycles. The number of hydrogen-bond donors (Lipinski definition) is 2. The van der Waals surface area contributed by atoms with Gasteiger partial charge in [-0.15, -0.1) is 10.2 Å². The highest BCUT2D eigenvalue weighted by molar-refractivity contribution is 5.65. The van der Waals surface area contributed by atoms with Crippen LogP contribution in [-0.4, -0.2) is 39.1 Å². The zero-order valence-electron chi connectivity index (χ0n) is 15.4. The van der Waals surface area contributed by atoms with Gasteiger partial charge in [0.15, 0.2) is 0 Å². The molecule has 0 spiro atoms. The maximum atomic E-state index is 13.2. The second-order valence-electron chi connectivity index (χ2n) is 6.71. The molecular weight excluding hydrogens is 406 g/mol. The number of nitrogens with two attached hydrogens (primary N) is 2. The molecule has 2 aromatic heterocycles. The molecule has 0 aliphatic carbocycles. The molecule has 0 bridgehead atoms. The summed E-state index contributed by atoms with van der Waals surface area (Å²) in [7, 11) is 0. The first-order chi connectivity index (χ1) is 14.2. The number of nitrogens with zero attached hydrogens (tertiary/aromatic N) is 5. The smallest absolute Gasteiger partial charge is 0.401 e. The van der Waals surface area contributed by atoms with Crippen LogP contribution in [0.1, 0.15) is 17.8 Å². The van der Waals surface area contributed by atoms with Crippen molar-refractivity contribution in [2.45, 2.75) is 25.2 Å². The molecule has 8 nitrogen and oxygen atoms in total. The lowest BCUT2D eigenvalue weighted by Crippen LogP contribution is -2.62. The van der Waals surface area contributed by atoms with Gasteiger partial charge in [-0.25, -0.2) is 14.3 Å². The first kappa shape index (κ1) is 20.2. The normalized spacial score (nSPS) is 19.7. The van der Waals surface area contributed by atoms with Crippen molar-refractivity contribution < 1.29 is 22.0 Å².